The van der Waals surface area contributed by atoms with Gasteiger partial charge in [-0.2, -0.15) is 11.8 Å². The number of aryl methyl sites for hydroxylation is 1. The van der Waals surface area contributed by atoms with Crippen LogP contribution in [0.4, 0.5) is 5.82 Å². The van der Waals surface area contributed by atoms with Crippen molar-refractivity contribution in [1.29, 1.82) is 0 Å². The summed E-state index contributed by atoms with van der Waals surface area (Å²) < 4.78 is 0. The monoisotopic (exact) mass is 268 g/mol. The highest BCUT2D eigenvalue weighted by molar-refractivity contribution is 7.98. The highest BCUT2D eigenvalue weighted by atomic mass is 32.2. The Balaban J connectivity index is 3.00. The van der Waals surface area contributed by atoms with Crippen molar-refractivity contribution in [1.82, 2.24) is 15.3 Å². The van der Waals surface area contributed by atoms with E-state index in [9.17, 15) is 0 Å². The molecular formula is C13H24N4S. The maximum atomic E-state index is 4.61. The first-order chi connectivity index (χ1) is 8.63. The first-order valence-corrected chi connectivity index (χ1v) is 7.72. The van der Waals surface area contributed by atoms with Gasteiger partial charge in [0.15, 0.2) is 0 Å². The molecule has 0 aromatic carbocycles. The van der Waals surface area contributed by atoms with Gasteiger partial charge in [-0.15, -0.1) is 0 Å². The van der Waals surface area contributed by atoms with E-state index in [0.29, 0.717) is 6.04 Å². The van der Waals surface area contributed by atoms with Crippen LogP contribution in [0.15, 0.2) is 6.20 Å². The van der Waals surface area contributed by atoms with Crippen molar-refractivity contribution in [2.24, 2.45) is 0 Å². The number of aromatic nitrogens is 2. The van der Waals surface area contributed by atoms with E-state index in [2.05, 4.69) is 40.4 Å². The minimum atomic E-state index is 0.518. The standard InChI is InChI=1S/C13H24N4S/c1-6-12(9-18-5)17(4)13-11(7-14-3)8-15-10(2)16-13/h8,12,14H,6-7,9H2,1-5H3. The van der Waals surface area contributed by atoms with Crippen LogP contribution in [0, 0.1) is 6.92 Å². The van der Waals surface area contributed by atoms with Gasteiger partial charge >= 0.3 is 0 Å². The maximum absolute atomic E-state index is 4.61. The Kier molecular flexibility index (Phi) is 6.43. The molecule has 1 aromatic rings. The number of hydrogen-bond acceptors (Lipinski definition) is 5. The lowest BCUT2D eigenvalue weighted by molar-refractivity contribution is 0.656. The fraction of sp³-hybridized carbons (Fsp3) is 0.692. The van der Waals surface area contributed by atoms with E-state index in [0.717, 1.165) is 35.9 Å². The third-order valence-corrected chi connectivity index (χ3v) is 3.76. The summed E-state index contributed by atoms with van der Waals surface area (Å²) in [4.78, 5) is 11.2. The maximum Gasteiger partial charge on any atom is 0.136 e. The molecule has 0 aliphatic carbocycles. The van der Waals surface area contributed by atoms with Gasteiger partial charge < -0.3 is 10.2 Å². The van der Waals surface area contributed by atoms with Gasteiger partial charge in [-0.3, -0.25) is 0 Å². The molecule has 102 valence electrons. The Hall–Kier alpha value is -0.810. The van der Waals surface area contributed by atoms with Crippen LogP contribution in [0.25, 0.3) is 0 Å². The van der Waals surface area contributed by atoms with Crippen LogP contribution >= 0.6 is 11.8 Å². The number of nitrogens with zero attached hydrogens (tertiary/aromatic N) is 3. The normalized spacial score (nSPS) is 12.5. The van der Waals surface area contributed by atoms with Crippen LogP contribution in [0.1, 0.15) is 24.7 Å². The van der Waals surface area contributed by atoms with Gasteiger partial charge in [0, 0.05) is 37.1 Å². The minimum Gasteiger partial charge on any atom is -0.355 e. The first kappa shape index (κ1) is 15.2. The third kappa shape index (κ3) is 3.85. The van der Waals surface area contributed by atoms with Gasteiger partial charge in [-0.25, -0.2) is 9.97 Å². The van der Waals surface area contributed by atoms with Gasteiger partial charge in [-0.1, -0.05) is 6.92 Å². The Labute approximate surface area is 115 Å². The lowest BCUT2D eigenvalue weighted by atomic mass is 10.2. The molecule has 1 aromatic heterocycles. The number of anilines is 1. The van der Waals surface area contributed by atoms with Crippen LogP contribution in [-0.2, 0) is 6.54 Å². The molecular weight excluding hydrogens is 244 g/mol. The molecule has 1 rings (SSSR count). The molecule has 18 heavy (non-hydrogen) atoms. The number of nitrogens with one attached hydrogen (secondary N) is 1. The second-order valence-corrected chi connectivity index (χ2v) is 5.34. The van der Waals surface area contributed by atoms with Crippen LogP contribution in [0.3, 0.4) is 0 Å². The summed E-state index contributed by atoms with van der Waals surface area (Å²) in [5.74, 6) is 3.00. The van der Waals surface area contributed by atoms with Crippen molar-refractivity contribution in [2.45, 2.75) is 32.9 Å². The summed E-state index contributed by atoms with van der Waals surface area (Å²) >= 11 is 1.88. The molecule has 1 heterocycles. The predicted octanol–water partition coefficient (Wildman–Crippen LogP) is 2.08. The topological polar surface area (TPSA) is 41.1 Å². The average molecular weight is 268 g/mol. The van der Waals surface area contributed by atoms with E-state index in [4.69, 9.17) is 0 Å². The van der Waals surface area contributed by atoms with Crippen LogP contribution in [0.5, 0.6) is 0 Å². The fourth-order valence-corrected chi connectivity index (χ4v) is 2.82. The summed E-state index contributed by atoms with van der Waals surface area (Å²) in [7, 11) is 4.08. The van der Waals surface area contributed by atoms with Gasteiger partial charge in [0.05, 0.1) is 0 Å². The summed E-state index contributed by atoms with van der Waals surface area (Å²) in [6, 6.07) is 0.518. The molecule has 0 aliphatic rings. The predicted molar refractivity (Wildman–Crippen MR) is 80.4 cm³/mol. The molecule has 0 bridgehead atoms. The van der Waals surface area contributed by atoms with Crippen molar-refractivity contribution in [3.05, 3.63) is 17.6 Å². The Morgan fingerprint density at radius 2 is 2.22 bits per heavy atom. The molecule has 0 spiro atoms. The molecule has 1 N–H and O–H groups in total. The lowest BCUT2D eigenvalue weighted by Gasteiger charge is -2.29. The zero-order chi connectivity index (χ0) is 13.5. The van der Waals surface area contributed by atoms with Crippen molar-refractivity contribution >= 4 is 17.6 Å². The zero-order valence-electron chi connectivity index (χ0n) is 12.0. The molecule has 0 fully saturated rings. The molecule has 0 saturated heterocycles. The van der Waals surface area contributed by atoms with Gasteiger partial charge in [0.1, 0.15) is 11.6 Å². The minimum absolute atomic E-state index is 0.518. The fourth-order valence-electron chi connectivity index (χ4n) is 1.97. The van der Waals surface area contributed by atoms with Crippen molar-refractivity contribution in [3.8, 4) is 0 Å². The van der Waals surface area contributed by atoms with Crippen molar-refractivity contribution in [2.75, 3.05) is 31.0 Å². The summed E-state index contributed by atoms with van der Waals surface area (Å²) in [6.45, 7) is 4.97. The molecule has 1 atom stereocenters. The molecule has 0 saturated carbocycles. The summed E-state index contributed by atoms with van der Waals surface area (Å²) in [5.41, 5.74) is 1.16. The molecule has 0 amide bonds. The first-order valence-electron chi connectivity index (χ1n) is 6.32. The van der Waals surface area contributed by atoms with E-state index in [-0.39, 0.29) is 0 Å². The zero-order valence-corrected chi connectivity index (χ0v) is 12.8. The van der Waals surface area contributed by atoms with Crippen LogP contribution < -0.4 is 10.2 Å². The lowest BCUT2D eigenvalue weighted by Crippen LogP contribution is -2.35. The van der Waals surface area contributed by atoms with E-state index >= 15 is 0 Å². The van der Waals surface area contributed by atoms with E-state index < -0.39 is 0 Å². The van der Waals surface area contributed by atoms with Crippen molar-refractivity contribution < 1.29 is 0 Å². The van der Waals surface area contributed by atoms with Crippen LogP contribution in [0.2, 0.25) is 0 Å². The molecule has 0 aliphatic heterocycles. The van der Waals surface area contributed by atoms with Gasteiger partial charge in [-0.05, 0) is 26.6 Å². The molecule has 5 heteroatoms. The molecule has 4 nitrogen and oxygen atoms in total. The SMILES string of the molecule is CCC(CSC)N(C)c1nc(C)ncc1CNC. The highest BCUT2D eigenvalue weighted by Crippen LogP contribution is 2.21. The quantitative estimate of drug-likeness (QED) is 0.820. The average Bonchev–Trinajstić information content (AvgIpc) is 2.37. The van der Waals surface area contributed by atoms with Gasteiger partial charge in [0.2, 0.25) is 0 Å². The Morgan fingerprint density at radius 1 is 1.50 bits per heavy atom. The Morgan fingerprint density at radius 3 is 2.78 bits per heavy atom. The highest BCUT2D eigenvalue weighted by Gasteiger charge is 2.17. The van der Waals surface area contributed by atoms with Gasteiger partial charge in [0.25, 0.3) is 0 Å². The van der Waals surface area contributed by atoms with E-state index in [1.807, 2.05) is 31.9 Å². The molecule has 0 radical (unpaired) electrons. The number of thioether (sulfide) groups is 1. The molecule has 1 unspecified atom stereocenters. The second-order valence-electron chi connectivity index (χ2n) is 4.42. The second kappa shape index (κ2) is 7.59. The summed E-state index contributed by atoms with van der Waals surface area (Å²) in [6.07, 6.45) is 5.20. The van der Waals surface area contributed by atoms with E-state index in [1.165, 1.54) is 0 Å². The van der Waals surface area contributed by atoms with Crippen LogP contribution in [-0.4, -0.2) is 42.1 Å². The van der Waals surface area contributed by atoms with E-state index in [1.54, 1.807) is 0 Å². The van der Waals surface area contributed by atoms with Crippen molar-refractivity contribution in [3.63, 3.8) is 0 Å². The Bertz CT molecular complexity index is 370. The summed E-state index contributed by atoms with van der Waals surface area (Å²) in [5, 5.41) is 3.18. The third-order valence-electron chi connectivity index (χ3n) is 3.04. The largest absolute Gasteiger partial charge is 0.355 e. The number of rotatable bonds is 7. The number of hydrogen-bond donors (Lipinski definition) is 1. The smallest absolute Gasteiger partial charge is 0.136 e.